The van der Waals surface area contributed by atoms with E-state index in [1.165, 1.54) is 137 Å². The summed E-state index contributed by atoms with van der Waals surface area (Å²) >= 11 is 0. The lowest BCUT2D eigenvalue weighted by Crippen LogP contribution is -2.62. The third kappa shape index (κ3) is 6.34. The van der Waals surface area contributed by atoms with Crippen LogP contribution in [0.3, 0.4) is 0 Å². The van der Waals surface area contributed by atoms with Crippen LogP contribution in [0, 0.1) is 6.92 Å². The second-order valence-corrected chi connectivity index (χ2v) is 26.9. The molecule has 2 nitrogen and oxygen atoms in total. The molecule has 0 unspecified atom stereocenters. The van der Waals surface area contributed by atoms with E-state index in [9.17, 15) is 0 Å². The summed E-state index contributed by atoms with van der Waals surface area (Å²) < 4.78 is 0. The maximum absolute atomic E-state index is 2.77. The van der Waals surface area contributed by atoms with E-state index in [-0.39, 0.29) is 44.6 Å². The van der Waals surface area contributed by atoms with Gasteiger partial charge in [0.15, 0.2) is 0 Å². The summed E-state index contributed by atoms with van der Waals surface area (Å²) in [6, 6.07) is 39.7. The summed E-state index contributed by atoms with van der Waals surface area (Å²) in [6.45, 7) is 41.6. The highest BCUT2D eigenvalue weighted by Gasteiger charge is 2.49. The van der Waals surface area contributed by atoms with Crippen LogP contribution >= 0.6 is 0 Å². The molecule has 5 aliphatic rings. The predicted octanol–water partition coefficient (Wildman–Crippen LogP) is 15.7. The van der Waals surface area contributed by atoms with Gasteiger partial charge in [0.2, 0.25) is 0 Å². The molecule has 0 radical (unpaired) electrons. The Balaban J connectivity index is 1.31. The monoisotopic (exact) mass is 883 g/mol. The zero-order chi connectivity index (χ0) is 47.9. The van der Waals surface area contributed by atoms with Crippen molar-refractivity contribution in [1.29, 1.82) is 0 Å². The number of nitrogens with zero attached hydrogens (tertiary/aromatic N) is 2. The van der Waals surface area contributed by atoms with Crippen molar-refractivity contribution in [2.75, 3.05) is 9.80 Å². The maximum atomic E-state index is 2.77. The Morgan fingerprint density at radius 3 is 1.49 bits per heavy atom. The molecule has 67 heavy (non-hydrogen) atoms. The molecule has 6 aromatic rings. The minimum Gasteiger partial charge on any atom is -0.311 e. The van der Waals surface area contributed by atoms with Gasteiger partial charge in [-0.1, -0.05) is 171 Å². The fourth-order valence-electron chi connectivity index (χ4n) is 13.4. The Bertz CT molecular complexity index is 3100. The zero-order valence-electron chi connectivity index (χ0n) is 44.0. The smallest absolute Gasteiger partial charge is 0.252 e. The van der Waals surface area contributed by atoms with Crippen LogP contribution in [0.5, 0.6) is 0 Å². The van der Waals surface area contributed by atoms with Gasteiger partial charge in [-0.15, -0.1) is 0 Å². The molecule has 0 saturated carbocycles. The number of hydrogen-bond acceptors (Lipinski definition) is 2. The molecule has 6 aromatic carbocycles. The molecule has 0 fully saturated rings. The van der Waals surface area contributed by atoms with Crippen LogP contribution in [0.4, 0.5) is 34.1 Å². The lowest BCUT2D eigenvalue weighted by molar-refractivity contribution is 0.332. The van der Waals surface area contributed by atoms with Crippen molar-refractivity contribution in [1.82, 2.24) is 0 Å². The maximum Gasteiger partial charge on any atom is 0.252 e. The standard InChI is InChI=1S/C64H75BN2/c1-38-31-44-46(62(12,13)29-27-60(44,8)9)36-52(38)66-50-26-25-39(58(2,3)4)32-48(50)65-49-35-45-47(63(14,15)30-28-61(45,10)11)37-53(49)67(55-34-40(59(5,6)7)33-54(66)57(55)65)51-24-20-22-42-41-21-18-19-23-43(41)64(16,17)56(42)51/h18-26,31-37H,27-30H2,1-17H3. The Morgan fingerprint density at radius 1 is 0.418 bits per heavy atom. The molecule has 11 rings (SSSR count). The van der Waals surface area contributed by atoms with Gasteiger partial charge < -0.3 is 9.80 Å². The number of benzene rings is 6. The molecule has 344 valence electrons. The van der Waals surface area contributed by atoms with Gasteiger partial charge in [0.1, 0.15) is 0 Å². The molecule has 0 saturated heterocycles. The topological polar surface area (TPSA) is 6.48 Å². The molecule has 0 amide bonds. The number of aryl methyl sites for hydroxylation is 1. The van der Waals surface area contributed by atoms with E-state index in [2.05, 4.69) is 225 Å². The highest BCUT2D eigenvalue weighted by Crippen LogP contribution is 2.57. The summed E-state index contributed by atoms with van der Waals surface area (Å²) in [4.78, 5) is 5.50. The molecule has 0 spiro atoms. The van der Waals surface area contributed by atoms with Crippen molar-refractivity contribution in [3.63, 3.8) is 0 Å². The quantitative estimate of drug-likeness (QED) is 0.160. The molecule has 3 aliphatic carbocycles. The van der Waals surface area contributed by atoms with Crippen molar-refractivity contribution in [2.24, 2.45) is 0 Å². The first kappa shape index (κ1) is 44.5. The van der Waals surface area contributed by atoms with Crippen molar-refractivity contribution < 1.29 is 0 Å². The van der Waals surface area contributed by atoms with E-state index in [1.54, 1.807) is 0 Å². The Morgan fingerprint density at radius 2 is 0.910 bits per heavy atom. The van der Waals surface area contributed by atoms with Gasteiger partial charge >= 0.3 is 0 Å². The molecule has 2 aliphatic heterocycles. The molecule has 0 aromatic heterocycles. The number of rotatable bonds is 2. The summed E-state index contributed by atoms with van der Waals surface area (Å²) in [5.41, 5.74) is 27.9. The Hall–Kier alpha value is -5.02. The number of anilines is 6. The molecule has 0 atom stereocenters. The summed E-state index contributed by atoms with van der Waals surface area (Å²) in [5.74, 6) is 0. The molecule has 0 N–H and O–H groups in total. The van der Waals surface area contributed by atoms with Gasteiger partial charge in [0.25, 0.3) is 6.71 Å². The van der Waals surface area contributed by atoms with Crippen molar-refractivity contribution >= 4 is 57.2 Å². The van der Waals surface area contributed by atoms with E-state index in [1.807, 2.05) is 0 Å². The fourth-order valence-corrected chi connectivity index (χ4v) is 13.4. The van der Waals surface area contributed by atoms with Gasteiger partial charge in [0, 0.05) is 33.9 Å². The lowest BCUT2D eigenvalue weighted by Gasteiger charge is -2.49. The van der Waals surface area contributed by atoms with Crippen LogP contribution in [0.15, 0.2) is 97.1 Å². The van der Waals surface area contributed by atoms with Crippen LogP contribution < -0.4 is 26.2 Å². The molecular weight excluding hydrogens is 808 g/mol. The van der Waals surface area contributed by atoms with E-state index in [0.29, 0.717) is 0 Å². The third-order valence-electron chi connectivity index (χ3n) is 18.0. The Kier molecular flexibility index (Phi) is 9.18. The summed E-state index contributed by atoms with van der Waals surface area (Å²) in [5, 5.41) is 0. The second kappa shape index (κ2) is 13.8. The highest BCUT2D eigenvalue weighted by atomic mass is 15.2. The first-order chi connectivity index (χ1) is 31.1. The van der Waals surface area contributed by atoms with E-state index in [0.717, 1.165) is 0 Å². The zero-order valence-corrected chi connectivity index (χ0v) is 44.0. The first-order valence-electron chi connectivity index (χ1n) is 25.6. The molecule has 3 heteroatoms. The SMILES string of the molecule is Cc1cc2c(cc1N1c3ccc(C(C)(C)C)cc3B3c4cc5c(cc4N(c4cccc6c4C(C)(C)c4ccccc4-6)c4cc(C(C)(C)C)cc1c43)C(C)(C)CCC5(C)C)C(C)(C)CCC2(C)C. The third-order valence-corrected chi connectivity index (χ3v) is 18.0. The predicted molar refractivity (Wildman–Crippen MR) is 291 cm³/mol. The normalized spacial score (nSPS) is 19.7. The largest absolute Gasteiger partial charge is 0.311 e. The van der Waals surface area contributed by atoms with Crippen LogP contribution in [0.2, 0.25) is 0 Å². The van der Waals surface area contributed by atoms with Crippen molar-refractivity contribution in [3.8, 4) is 11.1 Å². The second-order valence-electron chi connectivity index (χ2n) is 26.9. The summed E-state index contributed by atoms with van der Waals surface area (Å²) in [6.07, 6.45) is 4.74. The number of hydrogen-bond donors (Lipinski definition) is 0. The number of fused-ring (bicyclic) bond motifs is 9. The van der Waals surface area contributed by atoms with E-state index in [4.69, 9.17) is 0 Å². The minimum absolute atomic E-state index is 0.0208. The first-order valence-corrected chi connectivity index (χ1v) is 25.6. The van der Waals surface area contributed by atoms with Gasteiger partial charge in [-0.2, -0.15) is 0 Å². The molecular formula is C64H75BN2. The average Bonchev–Trinajstić information content (AvgIpc) is 3.49. The minimum atomic E-state index is -0.197. The van der Waals surface area contributed by atoms with Gasteiger partial charge in [0.05, 0.1) is 5.69 Å². The molecule has 0 bridgehead atoms. The van der Waals surface area contributed by atoms with Crippen LogP contribution in [-0.2, 0) is 37.9 Å². The average molecular weight is 883 g/mol. The fraction of sp³-hybridized carbons (Fsp3) is 0.438. The van der Waals surface area contributed by atoms with Crippen molar-refractivity contribution in [2.45, 2.75) is 181 Å². The van der Waals surface area contributed by atoms with Crippen LogP contribution in [0.1, 0.15) is 187 Å². The summed E-state index contributed by atoms with van der Waals surface area (Å²) in [7, 11) is 0. The van der Waals surface area contributed by atoms with Crippen LogP contribution in [0.25, 0.3) is 11.1 Å². The van der Waals surface area contributed by atoms with E-state index >= 15 is 0 Å². The Labute approximate surface area is 404 Å². The van der Waals surface area contributed by atoms with Crippen molar-refractivity contribution in [3.05, 3.63) is 147 Å². The van der Waals surface area contributed by atoms with Crippen LogP contribution in [-0.4, -0.2) is 6.71 Å². The van der Waals surface area contributed by atoms with Gasteiger partial charge in [-0.3, -0.25) is 0 Å². The van der Waals surface area contributed by atoms with Gasteiger partial charge in [-0.05, 0) is 179 Å². The molecule has 2 heterocycles. The van der Waals surface area contributed by atoms with E-state index < -0.39 is 0 Å². The highest BCUT2D eigenvalue weighted by molar-refractivity contribution is 7.00. The van der Waals surface area contributed by atoms with Gasteiger partial charge in [-0.25, -0.2) is 0 Å². The lowest BCUT2D eigenvalue weighted by atomic mass is 9.32.